The third-order valence-corrected chi connectivity index (χ3v) is 3.53. The zero-order valence-corrected chi connectivity index (χ0v) is 10.4. The summed E-state index contributed by atoms with van der Waals surface area (Å²) in [5.41, 5.74) is 2.88. The van der Waals surface area contributed by atoms with Crippen molar-refractivity contribution in [2.24, 2.45) is 0 Å². The summed E-state index contributed by atoms with van der Waals surface area (Å²) in [5.74, 6) is 2.21. The van der Waals surface area contributed by atoms with Gasteiger partial charge < -0.3 is 4.57 Å². The second-order valence-electron chi connectivity index (χ2n) is 4.34. The minimum atomic E-state index is 0.996. The first-order chi connectivity index (χ1) is 7.33. The van der Waals surface area contributed by atoms with Gasteiger partial charge in [-0.25, -0.2) is 4.98 Å². The molecule has 0 aromatic carbocycles. The molecule has 0 saturated heterocycles. The predicted molar refractivity (Wildman–Crippen MR) is 66.7 cm³/mol. The lowest BCUT2D eigenvalue weighted by atomic mass is 10.0. The zero-order chi connectivity index (χ0) is 10.7. The van der Waals surface area contributed by atoms with Crippen molar-refractivity contribution in [3.05, 3.63) is 17.2 Å². The zero-order valence-electron chi connectivity index (χ0n) is 9.50. The normalized spacial score (nSPS) is 15.3. The number of hydrogen-bond donors (Lipinski definition) is 1. The Balaban J connectivity index is 2.11. The first-order valence-electron chi connectivity index (χ1n) is 5.98. The van der Waals surface area contributed by atoms with E-state index < -0.39 is 0 Å². The predicted octanol–water partition coefficient (Wildman–Crippen LogP) is 2.78. The molecule has 0 N–H and O–H groups in total. The van der Waals surface area contributed by atoms with Crippen LogP contribution in [0.5, 0.6) is 0 Å². The molecule has 1 aliphatic rings. The van der Waals surface area contributed by atoms with Crippen LogP contribution in [-0.4, -0.2) is 15.3 Å². The Morgan fingerprint density at radius 1 is 1.27 bits per heavy atom. The van der Waals surface area contributed by atoms with Crippen molar-refractivity contribution in [3.8, 4) is 0 Å². The van der Waals surface area contributed by atoms with E-state index in [2.05, 4.69) is 29.1 Å². The van der Waals surface area contributed by atoms with Gasteiger partial charge >= 0.3 is 0 Å². The molecular formula is C12H20N2S. The van der Waals surface area contributed by atoms with Crippen LogP contribution in [0.3, 0.4) is 0 Å². The van der Waals surface area contributed by atoms with E-state index >= 15 is 0 Å². The monoisotopic (exact) mass is 224 g/mol. The smallest absolute Gasteiger partial charge is 0.106 e. The topological polar surface area (TPSA) is 17.8 Å². The molecule has 0 aliphatic heterocycles. The standard InChI is InChI=1S/C12H20N2S/c1-10-13-11-6-2-3-7-12(11)14(10)8-4-5-9-15/h15H,2-9H2,1H3. The van der Waals surface area contributed by atoms with Crippen molar-refractivity contribution in [1.29, 1.82) is 0 Å². The summed E-state index contributed by atoms with van der Waals surface area (Å²) < 4.78 is 2.43. The molecule has 2 nitrogen and oxygen atoms in total. The van der Waals surface area contributed by atoms with Crippen LogP contribution in [-0.2, 0) is 19.4 Å². The molecule has 2 rings (SSSR count). The van der Waals surface area contributed by atoms with Crippen LogP contribution >= 0.6 is 12.6 Å². The van der Waals surface area contributed by atoms with Crippen LogP contribution in [0.15, 0.2) is 0 Å². The van der Waals surface area contributed by atoms with E-state index in [9.17, 15) is 0 Å². The molecule has 0 fully saturated rings. The molecule has 1 aromatic rings. The maximum atomic E-state index is 4.67. The summed E-state index contributed by atoms with van der Waals surface area (Å²) >= 11 is 4.25. The van der Waals surface area contributed by atoms with Crippen molar-refractivity contribution in [2.75, 3.05) is 5.75 Å². The highest BCUT2D eigenvalue weighted by atomic mass is 32.1. The Bertz CT molecular complexity index is 331. The lowest BCUT2D eigenvalue weighted by Crippen LogP contribution is -2.09. The minimum absolute atomic E-state index is 0.996. The van der Waals surface area contributed by atoms with E-state index in [0.29, 0.717) is 0 Å². The van der Waals surface area contributed by atoms with Crippen LogP contribution < -0.4 is 0 Å². The largest absolute Gasteiger partial charge is 0.332 e. The van der Waals surface area contributed by atoms with Gasteiger partial charge in [0.2, 0.25) is 0 Å². The fourth-order valence-electron chi connectivity index (χ4n) is 2.41. The van der Waals surface area contributed by atoms with Gasteiger partial charge in [0.15, 0.2) is 0 Å². The summed E-state index contributed by atoms with van der Waals surface area (Å²) in [4.78, 5) is 4.67. The number of aryl methyl sites for hydroxylation is 2. The number of hydrogen-bond acceptors (Lipinski definition) is 2. The number of rotatable bonds is 4. The third-order valence-electron chi connectivity index (χ3n) is 3.21. The lowest BCUT2D eigenvalue weighted by Gasteiger charge is -2.14. The highest BCUT2D eigenvalue weighted by Gasteiger charge is 2.17. The summed E-state index contributed by atoms with van der Waals surface area (Å²) in [6.07, 6.45) is 7.51. The average molecular weight is 224 g/mol. The summed E-state index contributed by atoms with van der Waals surface area (Å²) in [7, 11) is 0. The minimum Gasteiger partial charge on any atom is -0.332 e. The van der Waals surface area contributed by atoms with E-state index in [0.717, 1.165) is 12.3 Å². The molecular weight excluding hydrogens is 204 g/mol. The number of imidazole rings is 1. The first kappa shape index (κ1) is 11.1. The summed E-state index contributed by atoms with van der Waals surface area (Å²) in [6, 6.07) is 0. The summed E-state index contributed by atoms with van der Waals surface area (Å²) in [5, 5.41) is 0. The third kappa shape index (κ3) is 2.39. The highest BCUT2D eigenvalue weighted by molar-refractivity contribution is 7.80. The molecule has 1 heterocycles. The Labute approximate surface area is 97.5 Å². The van der Waals surface area contributed by atoms with Crippen LogP contribution in [0.2, 0.25) is 0 Å². The molecule has 0 atom stereocenters. The molecule has 0 unspecified atom stereocenters. The van der Waals surface area contributed by atoms with E-state index in [1.54, 1.807) is 0 Å². The van der Waals surface area contributed by atoms with Gasteiger partial charge in [0.05, 0.1) is 5.69 Å². The van der Waals surface area contributed by atoms with Gasteiger partial charge in [-0.05, 0) is 51.2 Å². The maximum Gasteiger partial charge on any atom is 0.106 e. The molecule has 1 aliphatic carbocycles. The van der Waals surface area contributed by atoms with Gasteiger partial charge in [-0.3, -0.25) is 0 Å². The quantitative estimate of drug-likeness (QED) is 0.615. The highest BCUT2D eigenvalue weighted by Crippen LogP contribution is 2.22. The molecule has 0 bridgehead atoms. The molecule has 0 saturated carbocycles. The van der Waals surface area contributed by atoms with Crippen molar-refractivity contribution < 1.29 is 0 Å². The van der Waals surface area contributed by atoms with Gasteiger partial charge in [0, 0.05) is 12.2 Å². The molecule has 0 spiro atoms. The van der Waals surface area contributed by atoms with Crippen molar-refractivity contribution in [3.63, 3.8) is 0 Å². The van der Waals surface area contributed by atoms with Crippen LogP contribution in [0.4, 0.5) is 0 Å². The van der Waals surface area contributed by atoms with E-state index in [1.807, 2.05) is 0 Å². The Hall–Kier alpha value is -0.440. The van der Waals surface area contributed by atoms with Gasteiger partial charge in [0.1, 0.15) is 5.82 Å². The van der Waals surface area contributed by atoms with Crippen molar-refractivity contribution >= 4 is 12.6 Å². The number of unbranched alkanes of at least 4 members (excludes halogenated alkanes) is 1. The Morgan fingerprint density at radius 2 is 2.07 bits per heavy atom. The van der Waals surface area contributed by atoms with Crippen LogP contribution in [0, 0.1) is 6.92 Å². The SMILES string of the molecule is Cc1nc2c(n1CCCCS)CCCC2. The van der Waals surface area contributed by atoms with Gasteiger partial charge in [-0.2, -0.15) is 12.6 Å². The maximum absolute atomic E-state index is 4.67. The second-order valence-corrected chi connectivity index (χ2v) is 4.79. The van der Waals surface area contributed by atoms with E-state index in [-0.39, 0.29) is 0 Å². The Kier molecular flexibility index (Phi) is 3.73. The number of aromatic nitrogens is 2. The fraction of sp³-hybridized carbons (Fsp3) is 0.750. The van der Waals surface area contributed by atoms with Crippen LogP contribution in [0.25, 0.3) is 0 Å². The molecule has 15 heavy (non-hydrogen) atoms. The average Bonchev–Trinajstić information content (AvgIpc) is 2.56. The van der Waals surface area contributed by atoms with Gasteiger partial charge in [-0.1, -0.05) is 0 Å². The molecule has 3 heteroatoms. The number of fused-ring (bicyclic) bond motifs is 1. The van der Waals surface area contributed by atoms with Gasteiger partial charge in [-0.15, -0.1) is 0 Å². The number of thiol groups is 1. The van der Waals surface area contributed by atoms with Crippen molar-refractivity contribution in [2.45, 2.75) is 52.0 Å². The first-order valence-corrected chi connectivity index (χ1v) is 6.62. The molecule has 0 radical (unpaired) electrons. The Morgan fingerprint density at radius 3 is 2.87 bits per heavy atom. The van der Waals surface area contributed by atoms with Gasteiger partial charge in [0.25, 0.3) is 0 Å². The summed E-state index contributed by atoms with van der Waals surface area (Å²) in [6.45, 7) is 3.27. The molecule has 1 aromatic heterocycles. The second kappa shape index (κ2) is 5.06. The van der Waals surface area contributed by atoms with E-state index in [1.165, 1.54) is 55.7 Å². The fourth-order valence-corrected chi connectivity index (χ4v) is 2.64. The molecule has 0 amide bonds. The lowest BCUT2D eigenvalue weighted by molar-refractivity contribution is 0.570. The number of nitrogens with zero attached hydrogens (tertiary/aromatic N) is 2. The van der Waals surface area contributed by atoms with E-state index in [4.69, 9.17) is 0 Å². The molecule has 84 valence electrons. The van der Waals surface area contributed by atoms with Crippen molar-refractivity contribution in [1.82, 2.24) is 9.55 Å². The van der Waals surface area contributed by atoms with Crippen LogP contribution in [0.1, 0.15) is 42.9 Å².